The number of benzene rings is 1. The summed E-state index contributed by atoms with van der Waals surface area (Å²) >= 11 is 0. The van der Waals surface area contributed by atoms with E-state index in [1.807, 2.05) is 42.5 Å². The summed E-state index contributed by atoms with van der Waals surface area (Å²) in [7, 11) is 1.59. The van der Waals surface area contributed by atoms with Crippen molar-refractivity contribution in [2.24, 2.45) is 0 Å². The lowest BCUT2D eigenvalue weighted by atomic mass is 10.0. The molecule has 3 rings (SSSR count). The van der Waals surface area contributed by atoms with Crippen molar-refractivity contribution in [2.75, 3.05) is 25.6 Å². The van der Waals surface area contributed by atoms with Crippen LogP contribution < -0.4 is 10.1 Å². The normalized spacial score (nSPS) is 17.5. The molecule has 138 valence electrons. The third-order valence-electron chi connectivity index (χ3n) is 4.54. The van der Waals surface area contributed by atoms with Crippen LogP contribution in [0, 0.1) is 0 Å². The zero-order chi connectivity index (χ0) is 18.2. The Morgan fingerprint density at radius 3 is 2.81 bits per heavy atom. The van der Waals surface area contributed by atoms with Gasteiger partial charge in [0.15, 0.2) is 0 Å². The van der Waals surface area contributed by atoms with Gasteiger partial charge in [-0.1, -0.05) is 36.8 Å². The molecule has 1 aliphatic rings. The van der Waals surface area contributed by atoms with E-state index in [-0.39, 0.29) is 12.0 Å². The average molecular weight is 355 g/mol. The fraction of sp³-hybridized carbons (Fsp3) is 0.400. The Labute approximate surface area is 154 Å². The van der Waals surface area contributed by atoms with Gasteiger partial charge >= 0.3 is 5.97 Å². The number of piperidine rings is 1. The maximum atomic E-state index is 12.6. The van der Waals surface area contributed by atoms with Crippen LogP contribution in [0.25, 0.3) is 0 Å². The number of esters is 1. The molecule has 26 heavy (non-hydrogen) atoms. The second kappa shape index (κ2) is 9.20. The van der Waals surface area contributed by atoms with E-state index in [1.165, 1.54) is 0 Å². The quantitative estimate of drug-likeness (QED) is 0.770. The fourth-order valence-electron chi connectivity index (χ4n) is 3.07. The molecule has 0 unspecified atom stereocenters. The Balaban J connectivity index is 1.53. The van der Waals surface area contributed by atoms with Gasteiger partial charge in [-0.2, -0.15) is 0 Å². The third kappa shape index (κ3) is 4.95. The van der Waals surface area contributed by atoms with Crippen molar-refractivity contribution < 1.29 is 14.3 Å². The minimum Gasteiger partial charge on any atom is -0.481 e. The molecule has 1 saturated heterocycles. The van der Waals surface area contributed by atoms with E-state index in [0.717, 1.165) is 37.1 Å². The Morgan fingerprint density at radius 2 is 2.08 bits per heavy atom. The Morgan fingerprint density at radius 1 is 1.23 bits per heavy atom. The molecule has 1 aromatic carbocycles. The van der Waals surface area contributed by atoms with Crippen molar-refractivity contribution in [3.63, 3.8) is 0 Å². The number of hydrogen-bond donors (Lipinski definition) is 1. The summed E-state index contributed by atoms with van der Waals surface area (Å²) in [5.74, 6) is 0.430. The van der Waals surface area contributed by atoms with Gasteiger partial charge < -0.3 is 14.8 Å². The number of carbonyl (C=O) groups excluding carboxylic acids is 1. The van der Waals surface area contributed by atoms with Crippen LogP contribution in [0.15, 0.2) is 48.7 Å². The van der Waals surface area contributed by atoms with E-state index in [2.05, 4.69) is 15.2 Å². The summed E-state index contributed by atoms with van der Waals surface area (Å²) in [5, 5.41) is 3.32. The highest BCUT2D eigenvalue weighted by Crippen LogP contribution is 2.19. The van der Waals surface area contributed by atoms with Crippen LogP contribution in [0.1, 0.15) is 24.8 Å². The average Bonchev–Trinajstić information content (AvgIpc) is 2.72. The SMILES string of the molecule is COc1ccc(NCN2CCCC[C@H]2C(=O)OCc2ccccc2)cn1. The number of pyridine rings is 1. The molecule has 0 amide bonds. The number of methoxy groups -OCH3 is 1. The Kier molecular flexibility index (Phi) is 6.44. The zero-order valence-corrected chi connectivity index (χ0v) is 15.1. The number of nitrogens with one attached hydrogen (secondary N) is 1. The molecule has 0 aliphatic carbocycles. The molecule has 0 bridgehead atoms. The van der Waals surface area contributed by atoms with Crippen molar-refractivity contribution in [1.29, 1.82) is 0 Å². The van der Waals surface area contributed by atoms with Gasteiger partial charge in [-0.15, -0.1) is 0 Å². The molecular weight excluding hydrogens is 330 g/mol. The maximum absolute atomic E-state index is 12.6. The second-order valence-electron chi connectivity index (χ2n) is 6.34. The first kappa shape index (κ1) is 18.2. The third-order valence-corrected chi connectivity index (χ3v) is 4.54. The van der Waals surface area contributed by atoms with Crippen LogP contribution >= 0.6 is 0 Å². The summed E-state index contributed by atoms with van der Waals surface area (Å²) in [5.41, 5.74) is 1.90. The molecular formula is C20H25N3O3. The fourth-order valence-corrected chi connectivity index (χ4v) is 3.07. The van der Waals surface area contributed by atoms with Crippen molar-refractivity contribution in [2.45, 2.75) is 31.9 Å². The van der Waals surface area contributed by atoms with E-state index in [1.54, 1.807) is 13.3 Å². The number of aromatic nitrogens is 1. The smallest absolute Gasteiger partial charge is 0.323 e. The molecule has 1 atom stereocenters. The van der Waals surface area contributed by atoms with Gasteiger partial charge in [-0.05, 0) is 24.5 Å². The van der Waals surface area contributed by atoms with Crippen LogP contribution in [-0.2, 0) is 16.1 Å². The molecule has 2 aromatic rings. The zero-order valence-electron chi connectivity index (χ0n) is 15.1. The highest BCUT2D eigenvalue weighted by Gasteiger charge is 2.29. The lowest BCUT2D eigenvalue weighted by Crippen LogP contribution is -2.47. The Bertz CT molecular complexity index is 691. The first-order valence-corrected chi connectivity index (χ1v) is 8.95. The van der Waals surface area contributed by atoms with E-state index in [9.17, 15) is 4.79 Å². The summed E-state index contributed by atoms with van der Waals surface area (Å²) in [6, 6.07) is 13.3. The van der Waals surface area contributed by atoms with Gasteiger partial charge in [-0.3, -0.25) is 9.69 Å². The number of ether oxygens (including phenoxy) is 2. The second-order valence-corrected chi connectivity index (χ2v) is 6.34. The van der Waals surface area contributed by atoms with Crippen molar-refractivity contribution >= 4 is 11.7 Å². The predicted molar refractivity (Wildman–Crippen MR) is 99.9 cm³/mol. The maximum Gasteiger partial charge on any atom is 0.323 e. The van der Waals surface area contributed by atoms with Crippen LogP contribution in [0.5, 0.6) is 5.88 Å². The molecule has 1 fully saturated rings. The standard InChI is InChI=1S/C20H25N3O3/c1-25-19-11-10-17(13-21-19)22-15-23-12-6-5-9-18(23)20(24)26-14-16-7-3-2-4-8-16/h2-4,7-8,10-11,13,18,22H,5-6,9,12,14-15H2,1H3/t18-/m0/s1. The molecule has 2 heterocycles. The van der Waals surface area contributed by atoms with E-state index < -0.39 is 0 Å². The molecule has 0 saturated carbocycles. The lowest BCUT2D eigenvalue weighted by molar-refractivity contribution is -0.152. The first-order chi connectivity index (χ1) is 12.8. The number of nitrogens with zero attached hydrogens (tertiary/aromatic N) is 2. The topological polar surface area (TPSA) is 63.7 Å². The number of carbonyl (C=O) groups is 1. The van der Waals surface area contributed by atoms with Gasteiger partial charge in [0.1, 0.15) is 12.6 Å². The summed E-state index contributed by atoms with van der Waals surface area (Å²) in [6.45, 7) is 1.78. The van der Waals surface area contributed by atoms with Gasteiger partial charge in [0.05, 0.1) is 25.7 Å². The van der Waals surface area contributed by atoms with Gasteiger partial charge in [0.2, 0.25) is 5.88 Å². The highest BCUT2D eigenvalue weighted by molar-refractivity contribution is 5.76. The molecule has 6 nitrogen and oxygen atoms in total. The van der Waals surface area contributed by atoms with Crippen molar-refractivity contribution in [3.8, 4) is 5.88 Å². The highest BCUT2D eigenvalue weighted by atomic mass is 16.5. The molecule has 1 N–H and O–H groups in total. The van der Waals surface area contributed by atoms with Crippen LogP contribution in [-0.4, -0.2) is 42.2 Å². The van der Waals surface area contributed by atoms with E-state index in [4.69, 9.17) is 9.47 Å². The van der Waals surface area contributed by atoms with Gasteiger partial charge in [0.25, 0.3) is 0 Å². The number of rotatable bonds is 7. The molecule has 1 aliphatic heterocycles. The van der Waals surface area contributed by atoms with E-state index >= 15 is 0 Å². The van der Waals surface area contributed by atoms with Gasteiger partial charge in [-0.25, -0.2) is 4.98 Å². The van der Waals surface area contributed by atoms with E-state index in [0.29, 0.717) is 19.2 Å². The van der Waals surface area contributed by atoms with Crippen LogP contribution in [0.2, 0.25) is 0 Å². The molecule has 0 spiro atoms. The predicted octanol–water partition coefficient (Wildman–Crippen LogP) is 3.06. The van der Waals surface area contributed by atoms with Crippen molar-refractivity contribution in [1.82, 2.24) is 9.88 Å². The minimum atomic E-state index is -0.203. The van der Waals surface area contributed by atoms with Crippen LogP contribution in [0.4, 0.5) is 5.69 Å². The lowest BCUT2D eigenvalue weighted by Gasteiger charge is -2.34. The minimum absolute atomic E-state index is 0.150. The summed E-state index contributed by atoms with van der Waals surface area (Å²) in [6.07, 6.45) is 4.69. The largest absolute Gasteiger partial charge is 0.481 e. The number of hydrogen-bond acceptors (Lipinski definition) is 6. The summed E-state index contributed by atoms with van der Waals surface area (Å²) in [4.78, 5) is 18.9. The first-order valence-electron chi connectivity index (χ1n) is 8.95. The molecule has 0 radical (unpaired) electrons. The summed E-state index contributed by atoms with van der Waals surface area (Å²) < 4.78 is 10.6. The Hall–Kier alpha value is -2.60. The van der Waals surface area contributed by atoms with Crippen molar-refractivity contribution in [3.05, 3.63) is 54.2 Å². The number of likely N-dealkylation sites (tertiary alicyclic amines) is 1. The number of anilines is 1. The molecule has 6 heteroatoms. The van der Waals surface area contributed by atoms with Crippen LogP contribution in [0.3, 0.4) is 0 Å². The molecule has 1 aromatic heterocycles. The monoisotopic (exact) mass is 355 g/mol. The van der Waals surface area contributed by atoms with Gasteiger partial charge in [0, 0.05) is 12.6 Å².